The number of aliphatic hydroxyl groups excluding tert-OH is 1. The van der Waals surface area contributed by atoms with Gasteiger partial charge in [0, 0.05) is 29.2 Å². The zero-order valence-electron chi connectivity index (χ0n) is 25.5. The van der Waals surface area contributed by atoms with E-state index in [4.69, 9.17) is 26.1 Å². The molecule has 46 heavy (non-hydrogen) atoms. The van der Waals surface area contributed by atoms with Crippen LogP contribution in [0.2, 0.25) is 0 Å². The van der Waals surface area contributed by atoms with Gasteiger partial charge < -0.3 is 28.8 Å². The predicted octanol–water partition coefficient (Wildman–Crippen LogP) is 5.35. The molecular weight excluding hydrogens is 629 g/mol. The fourth-order valence-electron chi connectivity index (χ4n) is 4.78. The number of benzene rings is 1. The van der Waals surface area contributed by atoms with E-state index in [1.54, 1.807) is 18.2 Å². The van der Waals surface area contributed by atoms with Crippen molar-refractivity contribution in [2.24, 2.45) is 0 Å². The van der Waals surface area contributed by atoms with Crippen LogP contribution in [0.4, 0.5) is 18.0 Å². The zero-order valence-corrected chi connectivity index (χ0v) is 26.3. The van der Waals surface area contributed by atoms with Gasteiger partial charge in [-0.1, -0.05) is 55.9 Å². The highest BCUT2D eigenvalue weighted by Gasteiger charge is 2.33. The topological polar surface area (TPSA) is 132 Å². The van der Waals surface area contributed by atoms with Gasteiger partial charge in [-0.05, 0) is 44.4 Å². The quantitative estimate of drug-likeness (QED) is 0.0896. The molecule has 0 unspecified atom stereocenters. The molecule has 1 aromatic carbocycles. The number of carbonyl (C=O) groups is 2. The summed E-state index contributed by atoms with van der Waals surface area (Å²) in [5, 5.41) is 21.5. The molecule has 0 bridgehead atoms. The molecule has 0 saturated heterocycles. The third-order valence-corrected chi connectivity index (χ3v) is 7.30. The van der Waals surface area contributed by atoms with Crippen LogP contribution in [-0.2, 0) is 11.2 Å². The van der Waals surface area contributed by atoms with Gasteiger partial charge in [-0.3, -0.25) is 9.59 Å². The van der Waals surface area contributed by atoms with Gasteiger partial charge in [0.15, 0.2) is 11.2 Å². The van der Waals surface area contributed by atoms with Gasteiger partial charge in [0.2, 0.25) is 0 Å². The summed E-state index contributed by atoms with van der Waals surface area (Å²) in [7, 11) is 1.02. The third-order valence-electron chi connectivity index (χ3n) is 7.02. The SMILES string of the molecule is CCCc1c(OCC/C=C\C=C\[C@@H](c2c(OC(=O)OC)oc3c(c2=O)=CCC(=S)C=3)[C@H](O)CCC(F)(F)F)ccc(C(C)=O)c1O. The molecular formula is C33H35F3O9S. The monoisotopic (exact) mass is 664 g/mol. The Balaban J connectivity index is 1.89. The second-order valence-corrected chi connectivity index (χ2v) is 11.0. The molecule has 0 spiro atoms. The molecule has 0 amide bonds. The van der Waals surface area contributed by atoms with Crippen molar-refractivity contribution < 1.29 is 51.6 Å². The van der Waals surface area contributed by atoms with Gasteiger partial charge in [-0.25, -0.2) is 4.79 Å². The fraction of sp³-hybridized carbons (Fsp3) is 0.394. The second-order valence-electron chi connectivity index (χ2n) is 10.4. The molecule has 0 saturated carbocycles. The molecule has 0 radical (unpaired) electrons. The molecule has 1 heterocycles. The molecule has 1 aliphatic rings. The number of ether oxygens (including phenoxy) is 3. The summed E-state index contributed by atoms with van der Waals surface area (Å²) in [6.07, 6.45) is 1.10. The minimum absolute atomic E-state index is 0.00246. The van der Waals surface area contributed by atoms with Crippen molar-refractivity contribution in [2.45, 2.75) is 70.6 Å². The van der Waals surface area contributed by atoms with Crippen molar-refractivity contribution in [3.05, 3.63) is 74.0 Å². The Bertz CT molecular complexity index is 1690. The van der Waals surface area contributed by atoms with Crippen LogP contribution in [0.25, 0.3) is 12.2 Å². The number of hydrogen-bond acceptors (Lipinski definition) is 10. The number of rotatable bonds is 14. The van der Waals surface area contributed by atoms with E-state index in [0.29, 0.717) is 35.4 Å². The van der Waals surface area contributed by atoms with E-state index in [1.807, 2.05) is 6.92 Å². The molecule has 248 valence electrons. The first kappa shape index (κ1) is 36.2. The number of thiocarbonyl (C=S) groups is 1. The minimum atomic E-state index is -4.57. The number of phenols is 1. The molecule has 2 atom stereocenters. The molecule has 3 rings (SSSR count). The van der Waals surface area contributed by atoms with E-state index >= 15 is 0 Å². The molecule has 0 aliphatic heterocycles. The number of aliphatic hydroxyl groups is 1. The smallest absolute Gasteiger partial charge is 0.507 e. The average molecular weight is 665 g/mol. The number of halogens is 3. The summed E-state index contributed by atoms with van der Waals surface area (Å²) in [5.41, 5.74) is -0.330. The van der Waals surface area contributed by atoms with Crippen molar-refractivity contribution in [1.29, 1.82) is 0 Å². The highest BCUT2D eigenvalue weighted by Crippen LogP contribution is 2.34. The summed E-state index contributed by atoms with van der Waals surface area (Å²) >= 11 is 5.16. The molecule has 13 heteroatoms. The molecule has 9 nitrogen and oxygen atoms in total. The van der Waals surface area contributed by atoms with Gasteiger partial charge in [0.25, 0.3) is 0 Å². The Hall–Kier alpha value is -4.23. The fourth-order valence-corrected chi connectivity index (χ4v) is 4.97. The number of phenolic OH excluding ortho intramolecular Hbond substituents is 1. The van der Waals surface area contributed by atoms with Crippen molar-refractivity contribution in [2.75, 3.05) is 13.7 Å². The first-order valence-corrected chi connectivity index (χ1v) is 14.9. The highest BCUT2D eigenvalue weighted by molar-refractivity contribution is 7.81. The van der Waals surface area contributed by atoms with Gasteiger partial charge in [-0.2, -0.15) is 13.2 Å². The van der Waals surface area contributed by atoms with Gasteiger partial charge in [0.05, 0.1) is 36.2 Å². The van der Waals surface area contributed by atoms with Crippen molar-refractivity contribution in [3.63, 3.8) is 0 Å². The Kier molecular flexibility index (Phi) is 12.9. The van der Waals surface area contributed by atoms with Crippen LogP contribution in [0.5, 0.6) is 17.4 Å². The number of aromatic hydroxyl groups is 1. The number of allylic oxidation sites excluding steroid dienone is 2. The summed E-state index contributed by atoms with van der Waals surface area (Å²) in [6, 6.07) is 3.12. The third kappa shape index (κ3) is 9.63. The summed E-state index contributed by atoms with van der Waals surface area (Å²) in [4.78, 5) is 37.8. The Morgan fingerprint density at radius 2 is 1.96 bits per heavy atom. The number of carbonyl (C=O) groups excluding carboxylic acids is 2. The standard InChI is InChI=1S/C33H35F3O9S/c1-4-9-23-26(14-13-21(19(2)37)29(23)39)43-17-8-6-5-7-10-22(25(38)15-16-33(34,35)36)28-30(40)24-12-11-20(46)18-27(24)44-31(28)45-32(41)42-3/h5-7,10,12-14,18,22,25,38-39H,4,8-9,11,15-17H2,1-3H3/b6-5-,10-7+/t22-,25-/m1/s1. The maximum Gasteiger partial charge on any atom is 0.516 e. The zero-order chi connectivity index (χ0) is 34.0. The first-order valence-electron chi connectivity index (χ1n) is 14.5. The van der Waals surface area contributed by atoms with Crippen molar-refractivity contribution in [1.82, 2.24) is 0 Å². The van der Waals surface area contributed by atoms with E-state index in [2.05, 4.69) is 4.74 Å². The molecule has 1 aromatic heterocycles. The normalized spacial score (nSPS) is 14.4. The Morgan fingerprint density at radius 1 is 1.22 bits per heavy atom. The lowest BCUT2D eigenvalue weighted by atomic mass is 9.90. The van der Waals surface area contributed by atoms with Crippen molar-refractivity contribution >= 4 is 41.2 Å². The first-order chi connectivity index (χ1) is 21.8. The minimum Gasteiger partial charge on any atom is -0.507 e. The van der Waals surface area contributed by atoms with Crippen LogP contribution in [-0.4, -0.2) is 53.0 Å². The number of Topliss-reactive ketones (excluding diaryl/α,β-unsaturated/α-hetero) is 1. The van der Waals surface area contributed by atoms with Crippen LogP contribution in [0, 0.1) is 0 Å². The molecule has 2 N–H and O–H groups in total. The van der Waals surface area contributed by atoms with E-state index in [1.165, 1.54) is 37.3 Å². The largest absolute Gasteiger partial charge is 0.516 e. The maximum absolute atomic E-state index is 13.6. The summed E-state index contributed by atoms with van der Waals surface area (Å²) < 4.78 is 60.2. The van der Waals surface area contributed by atoms with E-state index < -0.39 is 48.6 Å². The Morgan fingerprint density at radius 3 is 2.61 bits per heavy atom. The predicted molar refractivity (Wildman–Crippen MR) is 168 cm³/mol. The average Bonchev–Trinajstić information content (AvgIpc) is 2.99. The van der Waals surface area contributed by atoms with Crippen LogP contribution < -0.4 is 25.5 Å². The lowest BCUT2D eigenvalue weighted by Crippen LogP contribution is -2.44. The van der Waals surface area contributed by atoms with E-state index in [9.17, 15) is 37.8 Å². The van der Waals surface area contributed by atoms with Gasteiger partial charge in [-0.15, -0.1) is 0 Å². The molecule has 2 aromatic rings. The summed E-state index contributed by atoms with van der Waals surface area (Å²) in [5.74, 6) is -1.94. The highest BCUT2D eigenvalue weighted by atomic mass is 32.1. The maximum atomic E-state index is 13.6. The lowest BCUT2D eigenvalue weighted by Gasteiger charge is -2.21. The number of alkyl halides is 3. The Labute approximate surface area is 268 Å². The number of ketones is 1. The summed E-state index contributed by atoms with van der Waals surface area (Å²) in [6.45, 7) is 3.48. The van der Waals surface area contributed by atoms with Crippen LogP contribution >= 0.6 is 12.2 Å². The second kappa shape index (κ2) is 16.4. The molecule has 0 fully saturated rings. The van der Waals surface area contributed by atoms with Crippen LogP contribution in [0.15, 0.2) is 45.6 Å². The number of hydrogen-bond donors (Lipinski definition) is 2. The molecule has 1 aliphatic carbocycles. The van der Waals surface area contributed by atoms with Crippen molar-refractivity contribution in [3.8, 4) is 17.4 Å². The van der Waals surface area contributed by atoms with E-state index in [0.717, 1.165) is 7.11 Å². The van der Waals surface area contributed by atoms with Crippen LogP contribution in [0.3, 0.4) is 0 Å². The number of fused-ring (bicyclic) bond motifs is 1. The van der Waals surface area contributed by atoms with E-state index in [-0.39, 0.29) is 46.3 Å². The van der Waals surface area contributed by atoms with Gasteiger partial charge in [0.1, 0.15) is 16.9 Å². The lowest BCUT2D eigenvalue weighted by molar-refractivity contribution is -0.140. The van der Waals surface area contributed by atoms with Crippen LogP contribution in [0.1, 0.15) is 73.4 Å². The number of methoxy groups -OCH3 is 1. The van der Waals surface area contributed by atoms with Gasteiger partial charge >= 0.3 is 18.3 Å².